The highest BCUT2D eigenvalue weighted by Gasteiger charge is 2.09. The van der Waals surface area contributed by atoms with Crippen LogP contribution in [0.1, 0.15) is 5.56 Å². The average molecular weight is 268 g/mol. The highest BCUT2D eigenvalue weighted by molar-refractivity contribution is 5.79. The van der Waals surface area contributed by atoms with Gasteiger partial charge in [-0.05, 0) is 30.2 Å². The van der Waals surface area contributed by atoms with Crippen LogP contribution in [0.3, 0.4) is 0 Å². The number of hydrogen-bond acceptors (Lipinski definition) is 4. The van der Waals surface area contributed by atoms with Crippen molar-refractivity contribution >= 4 is 17.0 Å². The predicted molar refractivity (Wildman–Crippen MR) is 78.6 cm³/mol. The van der Waals surface area contributed by atoms with Gasteiger partial charge in [0, 0.05) is 25.0 Å². The quantitative estimate of drug-likeness (QED) is 0.788. The number of benzene rings is 1. The molecule has 20 heavy (non-hydrogen) atoms. The molecule has 5 nitrogen and oxygen atoms in total. The van der Waals surface area contributed by atoms with E-state index in [2.05, 4.69) is 16.0 Å². The second-order valence-electron chi connectivity index (χ2n) is 4.59. The number of nitrogen functional groups attached to an aromatic ring is 1. The molecule has 1 aromatic carbocycles. The molecule has 0 bridgehead atoms. The lowest BCUT2D eigenvalue weighted by atomic mass is 10.2. The fourth-order valence-electron chi connectivity index (χ4n) is 2.28. The number of ether oxygens (including phenoxy) is 1. The first kappa shape index (κ1) is 12.5. The van der Waals surface area contributed by atoms with Crippen molar-refractivity contribution in [3.05, 3.63) is 48.3 Å². The Bertz CT molecular complexity index is 721. The maximum absolute atomic E-state index is 6.00. The van der Waals surface area contributed by atoms with Crippen LogP contribution in [0, 0.1) is 0 Å². The average Bonchev–Trinajstić information content (AvgIpc) is 2.80. The number of methoxy groups -OCH3 is 1. The molecule has 102 valence electrons. The van der Waals surface area contributed by atoms with Crippen LogP contribution in [0.25, 0.3) is 11.0 Å². The summed E-state index contributed by atoms with van der Waals surface area (Å²) in [5.74, 6) is 1.31. The van der Waals surface area contributed by atoms with E-state index in [4.69, 9.17) is 10.5 Å². The molecule has 0 spiro atoms. The highest BCUT2D eigenvalue weighted by atomic mass is 16.5. The molecule has 0 amide bonds. The van der Waals surface area contributed by atoms with E-state index in [0.29, 0.717) is 5.95 Å². The molecule has 0 aliphatic heterocycles. The zero-order valence-electron chi connectivity index (χ0n) is 11.3. The van der Waals surface area contributed by atoms with Gasteiger partial charge in [0.2, 0.25) is 5.95 Å². The van der Waals surface area contributed by atoms with E-state index in [-0.39, 0.29) is 0 Å². The Balaban J connectivity index is 1.89. The van der Waals surface area contributed by atoms with Gasteiger partial charge in [0.05, 0.1) is 18.1 Å². The topological polar surface area (TPSA) is 66.0 Å². The van der Waals surface area contributed by atoms with E-state index < -0.39 is 0 Å². The van der Waals surface area contributed by atoms with E-state index in [1.54, 1.807) is 13.3 Å². The molecule has 5 heteroatoms. The molecule has 0 saturated carbocycles. The molecule has 0 atom stereocenters. The summed E-state index contributed by atoms with van der Waals surface area (Å²) in [7, 11) is 1.64. The number of fused-ring (bicyclic) bond motifs is 1. The Morgan fingerprint density at radius 3 is 2.95 bits per heavy atom. The van der Waals surface area contributed by atoms with Crippen molar-refractivity contribution in [1.82, 2.24) is 14.5 Å². The van der Waals surface area contributed by atoms with Crippen LogP contribution in [0.2, 0.25) is 0 Å². The normalized spacial score (nSPS) is 10.8. The Morgan fingerprint density at radius 2 is 2.20 bits per heavy atom. The molecule has 2 N–H and O–H groups in total. The summed E-state index contributed by atoms with van der Waals surface area (Å²) in [6.45, 7) is 0.778. The van der Waals surface area contributed by atoms with Crippen molar-refractivity contribution in [2.24, 2.45) is 0 Å². The monoisotopic (exact) mass is 268 g/mol. The number of aryl methyl sites for hydroxylation is 2. The third-order valence-electron chi connectivity index (χ3n) is 3.33. The number of imidazole rings is 1. The molecule has 2 aromatic heterocycles. The van der Waals surface area contributed by atoms with E-state index in [1.807, 2.05) is 35.0 Å². The molecular formula is C15H16N4O. The lowest BCUT2D eigenvalue weighted by Crippen LogP contribution is -2.05. The highest BCUT2D eigenvalue weighted by Crippen LogP contribution is 2.23. The molecule has 0 aliphatic carbocycles. The lowest BCUT2D eigenvalue weighted by Gasteiger charge is -2.06. The SMILES string of the molecule is COc1ccc2c(c1)nc(N)n2CCc1cccnc1. The van der Waals surface area contributed by atoms with E-state index in [9.17, 15) is 0 Å². The van der Waals surface area contributed by atoms with Gasteiger partial charge in [-0.3, -0.25) is 4.98 Å². The fourth-order valence-corrected chi connectivity index (χ4v) is 2.28. The van der Waals surface area contributed by atoms with Crippen molar-refractivity contribution in [1.29, 1.82) is 0 Å². The van der Waals surface area contributed by atoms with Gasteiger partial charge >= 0.3 is 0 Å². The smallest absolute Gasteiger partial charge is 0.201 e. The van der Waals surface area contributed by atoms with Gasteiger partial charge in [-0.1, -0.05) is 6.07 Å². The molecule has 0 fully saturated rings. The van der Waals surface area contributed by atoms with E-state index in [1.165, 1.54) is 5.56 Å². The van der Waals surface area contributed by atoms with Gasteiger partial charge in [0.25, 0.3) is 0 Å². The Morgan fingerprint density at radius 1 is 1.30 bits per heavy atom. The van der Waals surface area contributed by atoms with Gasteiger partial charge in [-0.15, -0.1) is 0 Å². The minimum atomic E-state index is 0.525. The summed E-state index contributed by atoms with van der Waals surface area (Å²) < 4.78 is 7.22. The van der Waals surface area contributed by atoms with Crippen molar-refractivity contribution in [2.45, 2.75) is 13.0 Å². The number of rotatable bonds is 4. The molecule has 0 saturated heterocycles. The number of pyridine rings is 1. The minimum Gasteiger partial charge on any atom is -0.497 e. The number of aromatic nitrogens is 3. The Hall–Kier alpha value is -2.56. The van der Waals surface area contributed by atoms with E-state index >= 15 is 0 Å². The van der Waals surface area contributed by atoms with Crippen LogP contribution < -0.4 is 10.5 Å². The number of nitrogens with two attached hydrogens (primary N) is 1. The van der Waals surface area contributed by atoms with Gasteiger partial charge in [-0.2, -0.15) is 0 Å². The van der Waals surface area contributed by atoms with Crippen LogP contribution in [0.4, 0.5) is 5.95 Å². The predicted octanol–water partition coefficient (Wildman–Crippen LogP) is 2.26. The largest absolute Gasteiger partial charge is 0.497 e. The van der Waals surface area contributed by atoms with Gasteiger partial charge in [0.1, 0.15) is 5.75 Å². The second kappa shape index (κ2) is 5.21. The van der Waals surface area contributed by atoms with Crippen molar-refractivity contribution in [3.8, 4) is 5.75 Å². The summed E-state index contributed by atoms with van der Waals surface area (Å²) in [5, 5.41) is 0. The van der Waals surface area contributed by atoms with E-state index in [0.717, 1.165) is 29.7 Å². The first-order valence-corrected chi connectivity index (χ1v) is 6.46. The molecule has 2 heterocycles. The molecule has 0 aliphatic rings. The summed E-state index contributed by atoms with van der Waals surface area (Å²) in [5.41, 5.74) is 9.06. The number of nitrogens with zero attached hydrogens (tertiary/aromatic N) is 3. The third kappa shape index (κ3) is 2.30. The number of hydrogen-bond donors (Lipinski definition) is 1. The van der Waals surface area contributed by atoms with Gasteiger partial charge in [-0.25, -0.2) is 4.98 Å². The molecule has 0 unspecified atom stereocenters. The summed E-state index contributed by atoms with van der Waals surface area (Å²) in [6.07, 6.45) is 4.52. The second-order valence-corrected chi connectivity index (χ2v) is 4.59. The Kier molecular flexibility index (Phi) is 3.25. The van der Waals surface area contributed by atoms with Crippen LogP contribution in [-0.4, -0.2) is 21.6 Å². The summed E-state index contributed by atoms with van der Waals surface area (Å²) in [6, 6.07) is 9.80. The molecular weight excluding hydrogens is 252 g/mol. The maximum atomic E-state index is 6.00. The lowest BCUT2D eigenvalue weighted by molar-refractivity contribution is 0.415. The van der Waals surface area contributed by atoms with Crippen molar-refractivity contribution in [3.63, 3.8) is 0 Å². The summed E-state index contributed by atoms with van der Waals surface area (Å²) >= 11 is 0. The zero-order valence-corrected chi connectivity index (χ0v) is 11.3. The molecule has 0 radical (unpaired) electrons. The zero-order chi connectivity index (χ0) is 13.9. The first-order chi connectivity index (χ1) is 9.78. The molecule has 3 rings (SSSR count). The van der Waals surface area contributed by atoms with Crippen molar-refractivity contribution in [2.75, 3.05) is 12.8 Å². The minimum absolute atomic E-state index is 0.525. The summed E-state index contributed by atoms with van der Waals surface area (Å²) in [4.78, 5) is 8.50. The van der Waals surface area contributed by atoms with Crippen LogP contribution in [0.5, 0.6) is 5.75 Å². The maximum Gasteiger partial charge on any atom is 0.201 e. The first-order valence-electron chi connectivity index (χ1n) is 6.46. The van der Waals surface area contributed by atoms with Gasteiger partial charge < -0.3 is 15.0 Å². The van der Waals surface area contributed by atoms with Crippen LogP contribution in [-0.2, 0) is 13.0 Å². The fraction of sp³-hybridized carbons (Fsp3) is 0.200. The van der Waals surface area contributed by atoms with Crippen LogP contribution >= 0.6 is 0 Å². The molecule has 3 aromatic rings. The van der Waals surface area contributed by atoms with Gasteiger partial charge in [0.15, 0.2) is 0 Å². The van der Waals surface area contributed by atoms with Crippen molar-refractivity contribution < 1.29 is 4.74 Å². The Labute approximate surface area is 117 Å². The van der Waals surface area contributed by atoms with Crippen LogP contribution in [0.15, 0.2) is 42.7 Å². The number of anilines is 1. The standard InChI is InChI=1S/C15H16N4O/c1-20-12-4-5-14-13(9-12)18-15(16)19(14)8-6-11-3-2-7-17-10-11/h2-5,7,9-10H,6,8H2,1H3,(H2,16,18). The third-order valence-corrected chi connectivity index (χ3v) is 3.33.